The van der Waals surface area contributed by atoms with E-state index in [0.717, 1.165) is 4.68 Å². The van der Waals surface area contributed by atoms with Crippen LogP contribution in [-0.4, -0.2) is 28.0 Å². The summed E-state index contributed by atoms with van der Waals surface area (Å²) in [6, 6.07) is 13.2. The highest BCUT2D eigenvalue weighted by Crippen LogP contribution is 2.17. The van der Waals surface area contributed by atoms with Crippen LogP contribution in [0.4, 0.5) is 5.69 Å². The van der Waals surface area contributed by atoms with Gasteiger partial charge in [-0.15, -0.1) is 5.10 Å². The standard InChI is InChI=1S/C18H18N4O3/c1-3-16(17(23)19-12-8-10-13(25-2)11-9-12)22-18(24)14-6-4-5-7-15(14)20-21-22/h4-11,16H,3H2,1-2H3,(H,19,23)/t16-/m1/s1. The van der Waals surface area contributed by atoms with Gasteiger partial charge in [-0.2, -0.15) is 4.68 Å². The van der Waals surface area contributed by atoms with Gasteiger partial charge in [0, 0.05) is 5.69 Å². The second-order valence-electron chi connectivity index (χ2n) is 5.50. The van der Waals surface area contributed by atoms with Crippen LogP contribution < -0.4 is 15.6 Å². The Balaban J connectivity index is 1.89. The summed E-state index contributed by atoms with van der Waals surface area (Å²) in [5.74, 6) is 0.376. The number of nitrogens with one attached hydrogen (secondary N) is 1. The van der Waals surface area contributed by atoms with Gasteiger partial charge < -0.3 is 10.1 Å². The van der Waals surface area contributed by atoms with Crippen LogP contribution in [0.5, 0.6) is 5.75 Å². The van der Waals surface area contributed by atoms with E-state index in [2.05, 4.69) is 15.6 Å². The van der Waals surface area contributed by atoms with Crippen LogP contribution in [0, 0.1) is 0 Å². The Kier molecular flexibility index (Phi) is 4.74. The van der Waals surface area contributed by atoms with E-state index in [-0.39, 0.29) is 11.5 Å². The summed E-state index contributed by atoms with van der Waals surface area (Å²) in [6.07, 6.45) is 0.412. The van der Waals surface area contributed by atoms with Crippen molar-refractivity contribution in [1.29, 1.82) is 0 Å². The Labute approximate surface area is 144 Å². The van der Waals surface area contributed by atoms with Gasteiger partial charge >= 0.3 is 0 Å². The van der Waals surface area contributed by atoms with E-state index in [1.54, 1.807) is 55.6 Å². The summed E-state index contributed by atoms with van der Waals surface area (Å²) < 4.78 is 6.23. The second kappa shape index (κ2) is 7.12. The van der Waals surface area contributed by atoms with Gasteiger partial charge in [0.1, 0.15) is 17.3 Å². The molecule has 0 spiro atoms. The minimum Gasteiger partial charge on any atom is -0.497 e. The Morgan fingerprint density at radius 2 is 1.92 bits per heavy atom. The summed E-state index contributed by atoms with van der Waals surface area (Å²) in [5, 5.41) is 11.2. The maximum absolute atomic E-state index is 12.6. The van der Waals surface area contributed by atoms with Crippen molar-refractivity contribution >= 4 is 22.5 Å². The van der Waals surface area contributed by atoms with Gasteiger partial charge in [-0.1, -0.05) is 24.3 Å². The van der Waals surface area contributed by atoms with Crippen molar-refractivity contribution in [2.45, 2.75) is 19.4 Å². The molecule has 0 saturated heterocycles. The fourth-order valence-electron chi connectivity index (χ4n) is 2.58. The molecule has 25 heavy (non-hydrogen) atoms. The van der Waals surface area contributed by atoms with E-state index < -0.39 is 6.04 Å². The molecule has 0 radical (unpaired) electrons. The SMILES string of the molecule is CC[C@H](C(=O)Nc1ccc(OC)cc1)n1nnc2ccccc2c1=O. The van der Waals surface area contributed by atoms with Crippen molar-refractivity contribution in [2.75, 3.05) is 12.4 Å². The summed E-state index contributed by atoms with van der Waals surface area (Å²) in [7, 11) is 1.57. The molecule has 1 aromatic heterocycles. The molecule has 1 atom stereocenters. The van der Waals surface area contributed by atoms with E-state index in [0.29, 0.717) is 28.8 Å². The molecule has 0 unspecified atom stereocenters. The summed E-state index contributed by atoms with van der Waals surface area (Å²) in [5.41, 5.74) is 0.794. The molecule has 0 saturated carbocycles. The number of carbonyl (C=O) groups excluding carboxylic acids is 1. The summed E-state index contributed by atoms with van der Waals surface area (Å²) >= 11 is 0. The lowest BCUT2D eigenvalue weighted by atomic mass is 10.2. The first-order valence-electron chi connectivity index (χ1n) is 7.93. The molecule has 2 aromatic carbocycles. The third-order valence-electron chi connectivity index (χ3n) is 3.93. The number of fused-ring (bicyclic) bond motifs is 1. The molecule has 0 aliphatic rings. The molecule has 0 aliphatic carbocycles. The first-order valence-corrected chi connectivity index (χ1v) is 7.93. The van der Waals surface area contributed by atoms with Gasteiger partial charge in [-0.3, -0.25) is 9.59 Å². The normalized spacial score (nSPS) is 11.9. The zero-order valence-electron chi connectivity index (χ0n) is 14.0. The Morgan fingerprint density at radius 3 is 2.60 bits per heavy atom. The largest absolute Gasteiger partial charge is 0.497 e. The Bertz CT molecular complexity index is 950. The molecule has 1 amide bonds. The molecule has 3 rings (SSSR count). The number of aromatic nitrogens is 3. The van der Waals surface area contributed by atoms with Gasteiger partial charge in [0.25, 0.3) is 5.56 Å². The first kappa shape index (κ1) is 16.6. The van der Waals surface area contributed by atoms with Gasteiger partial charge in [0.15, 0.2) is 0 Å². The number of anilines is 1. The van der Waals surface area contributed by atoms with Crippen molar-refractivity contribution in [2.24, 2.45) is 0 Å². The van der Waals surface area contributed by atoms with Crippen LogP contribution in [0.1, 0.15) is 19.4 Å². The van der Waals surface area contributed by atoms with Crippen molar-refractivity contribution in [3.8, 4) is 5.75 Å². The van der Waals surface area contributed by atoms with Crippen LogP contribution in [-0.2, 0) is 4.79 Å². The van der Waals surface area contributed by atoms with Crippen LogP contribution in [0.15, 0.2) is 53.3 Å². The van der Waals surface area contributed by atoms with Crippen LogP contribution in [0.25, 0.3) is 10.9 Å². The highest BCUT2D eigenvalue weighted by Gasteiger charge is 2.22. The molecule has 128 valence electrons. The number of methoxy groups -OCH3 is 1. The maximum atomic E-state index is 12.6. The zero-order chi connectivity index (χ0) is 17.8. The number of benzene rings is 2. The van der Waals surface area contributed by atoms with Crippen molar-refractivity contribution < 1.29 is 9.53 Å². The number of hydrogen-bond donors (Lipinski definition) is 1. The van der Waals surface area contributed by atoms with Crippen molar-refractivity contribution in [1.82, 2.24) is 15.0 Å². The van der Waals surface area contributed by atoms with E-state index >= 15 is 0 Å². The molecular weight excluding hydrogens is 320 g/mol. The van der Waals surface area contributed by atoms with Gasteiger partial charge in [-0.05, 0) is 42.8 Å². The molecule has 3 aromatic rings. The molecule has 0 aliphatic heterocycles. The van der Waals surface area contributed by atoms with Gasteiger partial charge in [0.2, 0.25) is 5.91 Å². The minimum absolute atomic E-state index is 0.320. The number of nitrogens with zero attached hydrogens (tertiary/aromatic N) is 3. The minimum atomic E-state index is -0.744. The van der Waals surface area contributed by atoms with E-state index in [9.17, 15) is 9.59 Å². The van der Waals surface area contributed by atoms with Crippen molar-refractivity contribution in [3.63, 3.8) is 0 Å². The van der Waals surface area contributed by atoms with Gasteiger partial charge in [0.05, 0.1) is 12.5 Å². The lowest BCUT2D eigenvalue weighted by Gasteiger charge is -2.16. The third kappa shape index (κ3) is 3.35. The highest BCUT2D eigenvalue weighted by molar-refractivity contribution is 5.93. The molecule has 7 nitrogen and oxygen atoms in total. The van der Waals surface area contributed by atoms with Crippen molar-refractivity contribution in [3.05, 3.63) is 58.9 Å². The lowest BCUT2D eigenvalue weighted by Crippen LogP contribution is -2.35. The number of carbonyl (C=O) groups is 1. The molecular formula is C18H18N4O3. The second-order valence-corrected chi connectivity index (χ2v) is 5.50. The topological polar surface area (TPSA) is 86.1 Å². The van der Waals surface area contributed by atoms with Crippen LogP contribution >= 0.6 is 0 Å². The zero-order valence-corrected chi connectivity index (χ0v) is 14.0. The number of ether oxygens (including phenoxy) is 1. The third-order valence-corrected chi connectivity index (χ3v) is 3.93. The Hall–Kier alpha value is -3.22. The van der Waals surface area contributed by atoms with Crippen LogP contribution in [0.3, 0.4) is 0 Å². The summed E-state index contributed by atoms with van der Waals surface area (Å²) in [4.78, 5) is 25.3. The average Bonchev–Trinajstić information content (AvgIpc) is 2.65. The molecule has 1 N–H and O–H groups in total. The summed E-state index contributed by atoms with van der Waals surface area (Å²) in [6.45, 7) is 1.82. The number of hydrogen-bond acceptors (Lipinski definition) is 5. The number of amides is 1. The fourth-order valence-corrected chi connectivity index (χ4v) is 2.58. The predicted octanol–water partition coefficient (Wildman–Crippen LogP) is 2.39. The molecule has 0 fully saturated rings. The fraction of sp³-hybridized carbons (Fsp3) is 0.222. The monoisotopic (exact) mass is 338 g/mol. The van der Waals surface area contributed by atoms with Crippen LogP contribution in [0.2, 0.25) is 0 Å². The maximum Gasteiger partial charge on any atom is 0.278 e. The smallest absolute Gasteiger partial charge is 0.278 e. The average molecular weight is 338 g/mol. The van der Waals surface area contributed by atoms with Gasteiger partial charge in [-0.25, -0.2) is 0 Å². The molecule has 1 heterocycles. The highest BCUT2D eigenvalue weighted by atomic mass is 16.5. The van der Waals surface area contributed by atoms with E-state index in [1.807, 2.05) is 6.92 Å². The number of rotatable bonds is 5. The Morgan fingerprint density at radius 1 is 1.20 bits per heavy atom. The van der Waals surface area contributed by atoms with E-state index in [1.165, 1.54) is 0 Å². The first-order chi connectivity index (χ1) is 12.1. The lowest BCUT2D eigenvalue weighted by molar-refractivity contribution is -0.119. The predicted molar refractivity (Wildman–Crippen MR) is 94.7 cm³/mol. The quantitative estimate of drug-likeness (QED) is 0.772. The molecule has 7 heteroatoms. The van der Waals surface area contributed by atoms with E-state index in [4.69, 9.17) is 4.74 Å². The molecule has 0 bridgehead atoms.